The van der Waals surface area contributed by atoms with E-state index in [0.29, 0.717) is 18.5 Å². The third kappa shape index (κ3) is 3.12. The molecule has 2 N–H and O–H groups in total. The minimum absolute atomic E-state index is 0.00517. The first kappa shape index (κ1) is 13.8. The van der Waals surface area contributed by atoms with Gasteiger partial charge in [0.1, 0.15) is 0 Å². The number of halogens is 2. The number of hydrogen-bond acceptors (Lipinski definition) is 1. The smallest absolute Gasteiger partial charge is 0.223 e. The van der Waals surface area contributed by atoms with Gasteiger partial charge in [-0.1, -0.05) is 6.07 Å². The fourth-order valence-corrected chi connectivity index (χ4v) is 2.57. The molecule has 2 aromatic rings. The monoisotopic (exact) mass is 290 g/mol. The summed E-state index contributed by atoms with van der Waals surface area (Å²) < 4.78 is 26.1. The molecule has 1 aliphatic carbocycles. The topological polar surface area (TPSA) is 44.9 Å². The van der Waals surface area contributed by atoms with Crippen molar-refractivity contribution in [1.29, 1.82) is 0 Å². The van der Waals surface area contributed by atoms with E-state index in [0.717, 1.165) is 18.2 Å². The Kier molecular flexibility index (Phi) is 3.73. The molecule has 0 spiro atoms. The number of nitrogens with one attached hydrogen (secondary N) is 2. The van der Waals surface area contributed by atoms with Crippen molar-refractivity contribution >= 4 is 5.91 Å². The first-order chi connectivity index (χ1) is 10.1. The van der Waals surface area contributed by atoms with Crippen molar-refractivity contribution in [3.8, 4) is 0 Å². The number of carbonyl (C=O) groups is 1. The summed E-state index contributed by atoms with van der Waals surface area (Å²) in [5.74, 6) is -1.85. The first-order valence-corrected chi connectivity index (χ1v) is 7.00. The quantitative estimate of drug-likeness (QED) is 0.874. The van der Waals surface area contributed by atoms with Crippen LogP contribution in [-0.4, -0.2) is 17.4 Å². The molecule has 1 saturated carbocycles. The van der Waals surface area contributed by atoms with Crippen molar-refractivity contribution in [3.05, 3.63) is 59.4 Å². The van der Waals surface area contributed by atoms with Gasteiger partial charge < -0.3 is 10.3 Å². The zero-order chi connectivity index (χ0) is 14.8. The van der Waals surface area contributed by atoms with Gasteiger partial charge in [-0.05, 0) is 42.2 Å². The third-order valence-electron chi connectivity index (χ3n) is 3.85. The molecule has 0 radical (unpaired) electrons. The number of H-pyrrole nitrogens is 1. The third-order valence-corrected chi connectivity index (χ3v) is 3.85. The number of amides is 1. The highest BCUT2D eigenvalue weighted by Crippen LogP contribution is 2.47. The number of aromatic nitrogens is 1. The predicted molar refractivity (Wildman–Crippen MR) is 74.7 cm³/mol. The summed E-state index contributed by atoms with van der Waals surface area (Å²) in [7, 11) is 0. The fourth-order valence-electron chi connectivity index (χ4n) is 2.57. The van der Waals surface area contributed by atoms with Crippen molar-refractivity contribution in [2.24, 2.45) is 5.92 Å². The maximum atomic E-state index is 13.2. The Balaban J connectivity index is 1.50. The molecule has 0 aliphatic heterocycles. The highest BCUT2D eigenvalue weighted by Gasteiger charge is 2.43. The fraction of sp³-hybridized carbons (Fsp3) is 0.312. The summed E-state index contributed by atoms with van der Waals surface area (Å²) in [6, 6.07) is 7.73. The minimum atomic E-state index is -0.856. The van der Waals surface area contributed by atoms with Gasteiger partial charge in [-0.25, -0.2) is 8.78 Å². The van der Waals surface area contributed by atoms with Gasteiger partial charge in [0.25, 0.3) is 0 Å². The average molecular weight is 290 g/mol. The lowest BCUT2D eigenvalue weighted by Crippen LogP contribution is -2.27. The highest BCUT2D eigenvalue weighted by molar-refractivity contribution is 5.82. The van der Waals surface area contributed by atoms with Crippen molar-refractivity contribution in [2.75, 3.05) is 6.54 Å². The van der Waals surface area contributed by atoms with E-state index in [2.05, 4.69) is 10.3 Å². The second-order valence-electron chi connectivity index (χ2n) is 5.36. The van der Waals surface area contributed by atoms with Gasteiger partial charge in [0.15, 0.2) is 11.6 Å². The molecule has 1 fully saturated rings. The molecule has 3 nitrogen and oxygen atoms in total. The second kappa shape index (κ2) is 5.68. The van der Waals surface area contributed by atoms with E-state index in [1.54, 1.807) is 6.07 Å². The second-order valence-corrected chi connectivity index (χ2v) is 5.36. The molecule has 110 valence electrons. The number of aromatic amines is 1. The van der Waals surface area contributed by atoms with Gasteiger partial charge in [0.05, 0.1) is 0 Å². The Morgan fingerprint density at radius 3 is 2.86 bits per heavy atom. The van der Waals surface area contributed by atoms with Crippen molar-refractivity contribution < 1.29 is 13.6 Å². The van der Waals surface area contributed by atoms with E-state index >= 15 is 0 Å². The van der Waals surface area contributed by atoms with Crippen LogP contribution < -0.4 is 5.32 Å². The molecule has 3 rings (SSSR count). The van der Waals surface area contributed by atoms with Crippen LogP contribution in [0.1, 0.15) is 23.6 Å². The maximum absolute atomic E-state index is 13.2. The summed E-state index contributed by atoms with van der Waals surface area (Å²) in [5.41, 5.74) is 1.77. The van der Waals surface area contributed by atoms with Crippen LogP contribution in [-0.2, 0) is 11.2 Å². The Morgan fingerprint density at radius 1 is 1.29 bits per heavy atom. The van der Waals surface area contributed by atoms with Crippen LogP contribution >= 0.6 is 0 Å². The van der Waals surface area contributed by atoms with E-state index in [-0.39, 0.29) is 17.7 Å². The van der Waals surface area contributed by atoms with Crippen LogP contribution in [0.15, 0.2) is 36.5 Å². The van der Waals surface area contributed by atoms with Gasteiger partial charge in [-0.15, -0.1) is 0 Å². The van der Waals surface area contributed by atoms with E-state index < -0.39 is 11.6 Å². The van der Waals surface area contributed by atoms with Crippen LogP contribution in [0.3, 0.4) is 0 Å². The lowest BCUT2D eigenvalue weighted by Gasteiger charge is -2.05. The molecule has 1 aromatic heterocycles. The van der Waals surface area contributed by atoms with Gasteiger partial charge in [-0.2, -0.15) is 0 Å². The van der Waals surface area contributed by atoms with Crippen molar-refractivity contribution in [3.63, 3.8) is 0 Å². The average Bonchev–Trinajstić information content (AvgIpc) is 3.11. The Bertz CT molecular complexity index is 640. The summed E-state index contributed by atoms with van der Waals surface area (Å²) in [5, 5.41) is 2.88. The Morgan fingerprint density at radius 2 is 2.14 bits per heavy atom. The first-order valence-electron chi connectivity index (χ1n) is 7.00. The normalized spacial score (nSPS) is 20.3. The Labute approximate surface area is 121 Å². The van der Waals surface area contributed by atoms with Crippen LogP contribution in [0, 0.1) is 17.6 Å². The standard InChI is InChI=1S/C16H16F2N2O/c17-14-4-3-10(8-15(14)18)12-9-13(12)16(21)20-7-5-11-2-1-6-19-11/h1-4,6,8,12-13,19H,5,7,9H2,(H,20,21)/t12-,13+/m0/s1. The van der Waals surface area contributed by atoms with E-state index in [1.165, 1.54) is 6.07 Å². The molecule has 1 aromatic carbocycles. The van der Waals surface area contributed by atoms with Gasteiger partial charge >= 0.3 is 0 Å². The molecule has 5 heteroatoms. The molecule has 0 bridgehead atoms. The zero-order valence-corrected chi connectivity index (χ0v) is 11.4. The van der Waals surface area contributed by atoms with Crippen LogP contribution in [0.2, 0.25) is 0 Å². The van der Waals surface area contributed by atoms with Gasteiger partial charge in [0, 0.05) is 30.8 Å². The molecule has 1 aliphatic rings. The zero-order valence-electron chi connectivity index (χ0n) is 11.4. The number of carbonyl (C=O) groups excluding carboxylic acids is 1. The van der Waals surface area contributed by atoms with Crippen LogP contribution in [0.5, 0.6) is 0 Å². The molecule has 21 heavy (non-hydrogen) atoms. The van der Waals surface area contributed by atoms with E-state index in [1.807, 2.05) is 18.3 Å². The lowest BCUT2D eigenvalue weighted by atomic mass is 10.1. The molecular weight excluding hydrogens is 274 g/mol. The maximum Gasteiger partial charge on any atom is 0.223 e. The van der Waals surface area contributed by atoms with Crippen LogP contribution in [0.25, 0.3) is 0 Å². The lowest BCUT2D eigenvalue weighted by molar-refractivity contribution is -0.122. The minimum Gasteiger partial charge on any atom is -0.365 e. The van der Waals surface area contributed by atoms with Gasteiger partial charge in [0.2, 0.25) is 5.91 Å². The molecule has 2 atom stereocenters. The van der Waals surface area contributed by atoms with E-state index in [9.17, 15) is 13.6 Å². The van der Waals surface area contributed by atoms with E-state index in [4.69, 9.17) is 0 Å². The number of rotatable bonds is 5. The molecule has 1 heterocycles. The van der Waals surface area contributed by atoms with Crippen LogP contribution in [0.4, 0.5) is 8.78 Å². The summed E-state index contributed by atoms with van der Waals surface area (Å²) in [4.78, 5) is 15.1. The molecular formula is C16H16F2N2O. The summed E-state index contributed by atoms with van der Waals surface area (Å²) >= 11 is 0. The number of hydrogen-bond donors (Lipinski definition) is 2. The summed E-state index contributed by atoms with van der Waals surface area (Å²) in [6.45, 7) is 0.570. The highest BCUT2D eigenvalue weighted by atomic mass is 19.2. The predicted octanol–water partition coefficient (Wildman–Crippen LogP) is 2.76. The molecule has 1 amide bonds. The Hall–Kier alpha value is -2.17. The largest absolute Gasteiger partial charge is 0.365 e. The summed E-state index contributed by atoms with van der Waals surface area (Å²) in [6.07, 6.45) is 3.29. The van der Waals surface area contributed by atoms with Crippen molar-refractivity contribution in [2.45, 2.75) is 18.8 Å². The molecule has 0 unspecified atom stereocenters. The van der Waals surface area contributed by atoms with Crippen molar-refractivity contribution in [1.82, 2.24) is 10.3 Å². The molecule has 0 saturated heterocycles. The van der Waals surface area contributed by atoms with Gasteiger partial charge in [-0.3, -0.25) is 4.79 Å². The number of benzene rings is 1. The SMILES string of the molecule is O=C(NCCc1ccc[nH]1)[C@@H]1C[C@H]1c1ccc(F)c(F)c1.